The van der Waals surface area contributed by atoms with Gasteiger partial charge in [-0.3, -0.25) is 0 Å². The standard InChI is InChI=1S/C15H22N4/c1-3-4-5-6-12(2)19-11-17-10-14(19)13-7-8-15(16)18-9-13/h7-12H,3-6H2,1-2H3,(H2,16,18). The van der Waals surface area contributed by atoms with Crippen LogP contribution >= 0.6 is 0 Å². The molecule has 4 nitrogen and oxygen atoms in total. The SMILES string of the molecule is CCCCCC(C)n1cncc1-c1ccc(N)nc1. The minimum absolute atomic E-state index is 0.460. The molecule has 2 N–H and O–H groups in total. The van der Waals surface area contributed by atoms with E-state index in [1.54, 1.807) is 0 Å². The van der Waals surface area contributed by atoms with Gasteiger partial charge in [-0.1, -0.05) is 26.2 Å². The van der Waals surface area contributed by atoms with Crippen LogP contribution < -0.4 is 5.73 Å². The number of nitrogens with zero attached hydrogens (tertiary/aromatic N) is 3. The molecule has 0 radical (unpaired) electrons. The molecule has 2 rings (SSSR count). The van der Waals surface area contributed by atoms with Crippen LogP contribution in [0.1, 0.15) is 45.6 Å². The van der Waals surface area contributed by atoms with Crippen LogP contribution in [0, 0.1) is 0 Å². The van der Waals surface area contributed by atoms with Gasteiger partial charge in [0.2, 0.25) is 0 Å². The third kappa shape index (κ3) is 3.34. The lowest BCUT2D eigenvalue weighted by molar-refractivity contribution is 0.480. The molecule has 4 heteroatoms. The Morgan fingerprint density at radius 1 is 1.26 bits per heavy atom. The van der Waals surface area contributed by atoms with Gasteiger partial charge in [-0.2, -0.15) is 0 Å². The lowest BCUT2D eigenvalue weighted by atomic mass is 10.1. The normalized spacial score (nSPS) is 12.5. The van der Waals surface area contributed by atoms with E-state index >= 15 is 0 Å². The second kappa shape index (κ2) is 6.36. The van der Waals surface area contributed by atoms with E-state index in [4.69, 9.17) is 5.73 Å². The van der Waals surface area contributed by atoms with Gasteiger partial charge >= 0.3 is 0 Å². The van der Waals surface area contributed by atoms with Gasteiger partial charge in [0.1, 0.15) is 5.82 Å². The minimum atomic E-state index is 0.460. The zero-order valence-corrected chi connectivity index (χ0v) is 11.7. The van der Waals surface area contributed by atoms with E-state index < -0.39 is 0 Å². The van der Waals surface area contributed by atoms with Crippen molar-refractivity contribution < 1.29 is 0 Å². The summed E-state index contributed by atoms with van der Waals surface area (Å²) in [7, 11) is 0. The van der Waals surface area contributed by atoms with E-state index in [1.807, 2.05) is 30.9 Å². The Hall–Kier alpha value is -1.84. The van der Waals surface area contributed by atoms with Crippen LogP contribution in [-0.4, -0.2) is 14.5 Å². The van der Waals surface area contributed by atoms with E-state index in [0.717, 1.165) is 11.3 Å². The summed E-state index contributed by atoms with van der Waals surface area (Å²) in [5, 5.41) is 0. The molecule has 2 heterocycles. The number of pyridine rings is 1. The first-order valence-electron chi connectivity index (χ1n) is 6.96. The van der Waals surface area contributed by atoms with Crippen molar-refractivity contribution in [1.29, 1.82) is 0 Å². The monoisotopic (exact) mass is 258 g/mol. The highest BCUT2D eigenvalue weighted by Gasteiger charge is 2.11. The fourth-order valence-corrected chi connectivity index (χ4v) is 2.27. The molecule has 0 saturated carbocycles. The summed E-state index contributed by atoms with van der Waals surface area (Å²) < 4.78 is 2.23. The Morgan fingerprint density at radius 2 is 2.11 bits per heavy atom. The number of unbranched alkanes of at least 4 members (excludes halogenated alkanes) is 2. The van der Waals surface area contributed by atoms with Crippen molar-refractivity contribution >= 4 is 5.82 Å². The average molecular weight is 258 g/mol. The molecular weight excluding hydrogens is 236 g/mol. The fourth-order valence-electron chi connectivity index (χ4n) is 2.27. The second-order valence-corrected chi connectivity index (χ2v) is 5.00. The Kier molecular flexibility index (Phi) is 4.55. The molecule has 0 spiro atoms. The second-order valence-electron chi connectivity index (χ2n) is 5.00. The largest absolute Gasteiger partial charge is 0.384 e. The minimum Gasteiger partial charge on any atom is -0.384 e. The summed E-state index contributed by atoms with van der Waals surface area (Å²) in [6.45, 7) is 4.47. The lowest BCUT2D eigenvalue weighted by Crippen LogP contribution is -2.05. The number of hydrogen-bond donors (Lipinski definition) is 1. The predicted octanol–water partition coefficient (Wildman–Crippen LogP) is 3.67. The Balaban J connectivity index is 2.15. The summed E-state index contributed by atoms with van der Waals surface area (Å²) in [6, 6.07) is 4.28. The number of imidazole rings is 1. The number of anilines is 1. The van der Waals surface area contributed by atoms with E-state index in [1.165, 1.54) is 25.7 Å². The molecule has 0 aromatic carbocycles. The number of rotatable bonds is 6. The van der Waals surface area contributed by atoms with Crippen molar-refractivity contribution in [3.63, 3.8) is 0 Å². The van der Waals surface area contributed by atoms with Crippen LogP contribution in [0.4, 0.5) is 5.82 Å². The predicted molar refractivity (Wildman–Crippen MR) is 78.7 cm³/mol. The lowest BCUT2D eigenvalue weighted by Gasteiger charge is -2.16. The maximum absolute atomic E-state index is 5.63. The van der Waals surface area contributed by atoms with Gasteiger partial charge in [0.05, 0.1) is 18.2 Å². The summed E-state index contributed by atoms with van der Waals surface area (Å²) in [6.07, 6.45) is 10.6. The third-order valence-electron chi connectivity index (χ3n) is 3.45. The van der Waals surface area contributed by atoms with Crippen LogP contribution in [0.25, 0.3) is 11.3 Å². The number of hydrogen-bond acceptors (Lipinski definition) is 3. The van der Waals surface area contributed by atoms with Crippen molar-refractivity contribution in [2.24, 2.45) is 0 Å². The van der Waals surface area contributed by atoms with Crippen LogP contribution in [-0.2, 0) is 0 Å². The molecule has 0 saturated heterocycles. The topological polar surface area (TPSA) is 56.7 Å². The molecule has 0 aliphatic carbocycles. The van der Waals surface area contributed by atoms with Gasteiger partial charge in [0.25, 0.3) is 0 Å². The van der Waals surface area contributed by atoms with Crippen molar-refractivity contribution in [3.8, 4) is 11.3 Å². The van der Waals surface area contributed by atoms with E-state index in [0.29, 0.717) is 11.9 Å². The smallest absolute Gasteiger partial charge is 0.123 e. The molecule has 19 heavy (non-hydrogen) atoms. The molecule has 0 aliphatic heterocycles. The first-order valence-corrected chi connectivity index (χ1v) is 6.96. The summed E-state index contributed by atoms with van der Waals surface area (Å²) in [4.78, 5) is 8.42. The average Bonchev–Trinajstić information content (AvgIpc) is 2.89. The highest BCUT2D eigenvalue weighted by molar-refractivity contribution is 5.59. The van der Waals surface area contributed by atoms with Crippen LogP contribution in [0.5, 0.6) is 0 Å². The van der Waals surface area contributed by atoms with E-state index in [2.05, 4.69) is 28.4 Å². The van der Waals surface area contributed by atoms with Crippen LogP contribution in [0.2, 0.25) is 0 Å². The molecule has 1 atom stereocenters. The first-order chi connectivity index (χ1) is 9.22. The zero-order chi connectivity index (χ0) is 13.7. The number of aromatic nitrogens is 3. The maximum Gasteiger partial charge on any atom is 0.123 e. The van der Waals surface area contributed by atoms with E-state index in [9.17, 15) is 0 Å². The van der Waals surface area contributed by atoms with Gasteiger partial charge in [-0.25, -0.2) is 9.97 Å². The van der Waals surface area contributed by atoms with Gasteiger partial charge in [0, 0.05) is 17.8 Å². The summed E-state index contributed by atoms with van der Waals surface area (Å²) in [5.74, 6) is 0.547. The molecule has 0 aliphatic rings. The van der Waals surface area contributed by atoms with Gasteiger partial charge < -0.3 is 10.3 Å². The van der Waals surface area contributed by atoms with Crippen molar-refractivity contribution in [2.75, 3.05) is 5.73 Å². The highest BCUT2D eigenvalue weighted by atomic mass is 15.1. The molecule has 0 bridgehead atoms. The zero-order valence-electron chi connectivity index (χ0n) is 11.7. The summed E-state index contributed by atoms with van der Waals surface area (Å²) >= 11 is 0. The van der Waals surface area contributed by atoms with Gasteiger partial charge in [-0.05, 0) is 25.5 Å². The summed E-state index contributed by atoms with van der Waals surface area (Å²) in [5.41, 5.74) is 7.80. The van der Waals surface area contributed by atoms with Crippen molar-refractivity contribution in [1.82, 2.24) is 14.5 Å². The molecule has 102 valence electrons. The molecule has 1 unspecified atom stereocenters. The highest BCUT2D eigenvalue weighted by Crippen LogP contribution is 2.24. The van der Waals surface area contributed by atoms with Crippen molar-refractivity contribution in [2.45, 2.75) is 45.6 Å². The Labute approximate surface area is 114 Å². The Bertz CT molecular complexity index is 501. The maximum atomic E-state index is 5.63. The Morgan fingerprint density at radius 3 is 2.79 bits per heavy atom. The van der Waals surface area contributed by atoms with Crippen LogP contribution in [0.15, 0.2) is 30.9 Å². The number of nitrogens with two attached hydrogens (primary N) is 1. The van der Waals surface area contributed by atoms with Crippen molar-refractivity contribution in [3.05, 3.63) is 30.9 Å². The molecule has 2 aromatic heterocycles. The molecule has 0 fully saturated rings. The van der Waals surface area contributed by atoms with E-state index in [-0.39, 0.29) is 0 Å². The molecular formula is C15H22N4. The van der Waals surface area contributed by atoms with Gasteiger partial charge in [0.15, 0.2) is 0 Å². The fraction of sp³-hybridized carbons (Fsp3) is 0.467. The molecule has 0 amide bonds. The molecule has 2 aromatic rings. The number of nitrogen functional groups attached to an aromatic ring is 1. The quantitative estimate of drug-likeness (QED) is 0.804. The van der Waals surface area contributed by atoms with Gasteiger partial charge in [-0.15, -0.1) is 0 Å². The third-order valence-corrected chi connectivity index (χ3v) is 3.45. The first kappa shape index (κ1) is 13.6. The van der Waals surface area contributed by atoms with Crippen LogP contribution in [0.3, 0.4) is 0 Å².